The molecule has 1 aromatic heterocycles. The SMILES string of the molecule is O=C(O)CC1CCC2NC(Cc3ccncc3)=CB2C1. The summed E-state index contributed by atoms with van der Waals surface area (Å²) in [7, 11) is 0. The van der Waals surface area contributed by atoms with E-state index in [-0.39, 0.29) is 0 Å². The van der Waals surface area contributed by atoms with E-state index < -0.39 is 5.97 Å². The zero-order valence-electron chi connectivity index (χ0n) is 11.5. The van der Waals surface area contributed by atoms with Crippen molar-refractivity contribution in [1.82, 2.24) is 10.3 Å². The minimum Gasteiger partial charge on any atom is -0.481 e. The molecule has 3 rings (SSSR count). The van der Waals surface area contributed by atoms with Crippen molar-refractivity contribution >= 4 is 12.7 Å². The van der Waals surface area contributed by atoms with Crippen molar-refractivity contribution in [3.63, 3.8) is 0 Å². The molecule has 0 amide bonds. The van der Waals surface area contributed by atoms with E-state index in [1.165, 1.54) is 11.3 Å². The van der Waals surface area contributed by atoms with E-state index in [0.29, 0.717) is 25.0 Å². The van der Waals surface area contributed by atoms with E-state index >= 15 is 0 Å². The van der Waals surface area contributed by atoms with Gasteiger partial charge in [-0.05, 0) is 36.5 Å². The summed E-state index contributed by atoms with van der Waals surface area (Å²) < 4.78 is 0. The predicted octanol–water partition coefficient (Wildman–Crippen LogP) is 1.94. The lowest BCUT2D eigenvalue weighted by atomic mass is 9.38. The monoisotopic (exact) mass is 270 g/mol. The van der Waals surface area contributed by atoms with Crippen molar-refractivity contribution in [2.24, 2.45) is 5.92 Å². The molecule has 2 atom stereocenters. The lowest BCUT2D eigenvalue weighted by Gasteiger charge is -2.29. The summed E-state index contributed by atoms with van der Waals surface area (Å²) >= 11 is 0. The highest BCUT2D eigenvalue weighted by atomic mass is 16.4. The molecule has 2 N–H and O–H groups in total. The van der Waals surface area contributed by atoms with Gasteiger partial charge < -0.3 is 10.4 Å². The molecule has 1 saturated heterocycles. The van der Waals surface area contributed by atoms with Crippen LogP contribution in [-0.2, 0) is 11.2 Å². The fourth-order valence-corrected chi connectivity index (χ4v) is 3.47. The average Bonchev–Trinajstić information content (AvgIpc) is 2.80. The Kier molecular flexibility index (Phi) is 3.76. The number of carbonyl (C=O) groups is 1. The van der Waals surface area contributed by atoms with Gasteiger partial charge in [-0.3, -0.25) is 9.78 Å². The number of carboxylic acids is 1. The van der Waals surface area contributed by atoms with Crippen molar-refractivity contribution in [2.45, 2.75) is 37.9 Å². The Morgan fingerprint density at radius 1 is 1.40 bits per heavy atom. The Morgan fingerprint density at radius 3 is 2.95 bits per heavy atom. The van der Waals surface area contributed by atoms with Crippen molar-refractivity contribution in [1.29, 1.82) is 0 Å². The number of nitrogens with one attached hydrogen (secondary N) is 1. The van der Waals surface area contributed by atoms with Crippen molar-refractivity contribution in [3.05, 3.63) is 41.8 Å². The molecular weight excluding hydrogens is 251 g/mol. The van der Waals surface area contributed by atoms with E-state index in [0.717, 1.165) is 25.6 Å². The molecule has 1 fully saturated rings. The second kappa shape index (κ2) is 5.69. The number of allylic oxidation sites excluding steroid dienone is 1. The van der Waals surface area contributed by atoms with Crippen LogP contribution in [0.3, 0.4) is 0 Å². The van der Waals surface area contributed by atoms with Crippen LogP contribution < -0.4 is 5.32 Å². The van der Waals surface area contributed by atoms with Crippen LogP contribution in [0.1, 0.15) is 24.8 Å². The summed E-state index contributed by atoms with van der Waals surface area (Å²) in [5.41, 5.74) is 2.54. The third-order valence-electron chi connectivity index (χ3n) is 4.40. The first-order valence-electron chi connectivity index (χ1n) is 7.28. The highest BCUT2D eigenvalue weighted by Gasteiger charge is 2.36. The first-order chi connectivity index (χ1) is 9.70. The molecule has 0 spiro atoms. The fourth-order valence-electron chi connectivity index (χ4n) is 3.47. The topological polar surface area (TPSA) is 62.2 Å². The Hall–Kier alpha value is -1.78. The molecule has 1 aromatic rings. The van der Waals surface area contributed by atoms with Crippen LogP contribution in [0.2, 0.25) is 6.32 Å². The lowest BCUT2D eigenvalue weighted by molar-refractivity contribution is -0.138. The third-order valence-corrected chi connectivity index (χ3v) is 4.40. The maximum Gasteiger partial charge on any atom is 0.303 e. The second-order valence-electron chi connectivity index (χ2n) is 5.92. The molecular formula is C15H19BN2O2. The second-order valence-corrected chi connectivity index (χ2v) is 5.92. The number of nitrogens with zero attached hydrogens (tertiary/aromatic N) is 1. The lowest BCUT2D eigenvalue weighted by Crippen LogP contribution is -2.41. The zero-order valence-corrected chi connectivity index (χ0v) is 11.5. The highest BCUT2D eigenvalue weighted by Crippen LogP contribution is 2.32. The zero-order chi connectivity index (χ0) is 13.9. The number of rotatable bonds is 4. The van der Waals surface area contributed by atoms with Gasteiger partial charge in [0.1, 0.15) is 0 Å². The van der Waals surface area contributed by atoms with Gasteiger partial charge in [0.25, 0.3) is 0 Å². The summed E-state index contributed by atoms with van der Waals surface area (Å²) in [6.07, 6.45) is 7.98. The molecule has 2 aliphatic heterocycles. The molecule has 2 aliphatic rings. The maximum absolute atomic E-state index is 10.8. The van der Waals surface area contributed by atoms with Crippen LogP contribution in [0, 0.1) is 5.92 Å². The van der Waals surface area contributed by atoms with Gasteiger partial charge in [0.2, 0.25) is 0 Å². The molecule has 5 heteroatoms. The summed E-state index contributed by atoms with van der Waals surface area (Å²) in [4.78, 5) is 14.9. The molecule has 0 aromatic carbocycles. The standard InChI is InChI=1S/C15H19BN2O2/c19-15(20)8-12-1-2-14-16(9-12)10-13(18-14)7-11-3-5-17-6-4-11/h3-6,10,12,14,18H,1-2,7-9H2,(H,19,20). The predicted molar refractivity (Wildman–Crippen MR) is 78.5 cm³/mol. The minimum absolute atomic E-state index is 0.316. The van der Waals surface area contributed by atoms with Crippen LogP contribution in [-0.4, -0.2) is 28.7 Å². The Morgan fingerprint density at radius 2 is 2.20 bits per heavy atom. The van der Waals surface area contributed by atoms with Gasteiger partial charge in [-0.1, -0.05) is 12.3 Å². The molecule has 0 aliphatic carbocycles. The molecule has 104 valence electrons. The first-order valence-corrected chi connectivity index (χ1v) is 7.28. The Bertz CT molecular complexity index is 518. The summed E-state index contributed by atoms with van der Waals surface area (Å²) in [5, 5.41) is 12.5. The molecule has 0 bridgehead atoms. The number of hydrogen-bond donors (Lipinski definition) is 2. The fraction of sp³-hybridized carbons (Fsp3) is 0.467. The summed E-state index contributed by atoms with van der Waals surface area (Å²) in [6.45, 7) is 0.505. The van der Waals surface area contributed by atoms with Gasteiger partial charge in [0.15, 0.2) is 6.71 Å². The van der Waals surface area contributed by atoms with E-state index in [9.17, 15) is 4.79 Å². The number of aliphatic carboxylic acids is 1. The molecule has 0 saturated carbocycles. The van der Waals surface area contributed by atoms with Crippen LogP contribution in [0.5, 0.6) is 0 Å². The first kappa shape index (κ1) is 13.2. The van der Waals surface area contributed by atoms with Gasteiger partial charge >= 0.3 is 5.97 Å². The van der Waals surface area contributed by atoms with E-state index in [2.05, 4.69) is 16.3 Å². The van der Waals surface area contributed by atoms with E-state index in [1.807, 2.05) is 24.5 Å². The van der Waals surface area contributed by atoms with Gasteiger partial charge in [-0.25, -0.2) is 0 Å². The quantitative estimate of drug-likeness (QED) is 0.821. The number of hydrogen-bond acceptors (Lipinski definition) is 3. The molecule has 4 nitrogen and oxygen atoms in total. The van der Waals surface area contributed by atoms with Gasteiger partial charge in [0, 0.05) is 36.9 Å². The van der Waals surface area contributed by atoms with Gasteiger partial charge in [-0.15, -0.1) is 0 Å². The third kappa shape index (κ3) is 3.03. The maximum atomic E-state index is 10.8. The normalized spacial score (nSPS) is 24.8. The van der Waals surface area contributed by atoms with Gasteiger partial charge in [0.05, 0.1) is 0 Å². The Labute approximate surface area is 119 Å². The smallest absolute Gasteiger partial charge is 0.303 e. The van der Waals surface area contributed by atoms with Crippen LogP contribution >= 0.6 is 0 Å². The van der Waals surface area contributed by atoms with Crippen LogP contribution in [0.25, 0.3) is 0 Å². The number of fused-ring (bicyclic) bond motifs is 1. The molecule has 20 heavy (non-hydrogen) atoms. The van der Waals surface area contributed by atoms with Crippen molar-refractivity contribution in [2.75, 3.05) is 0 Å². The number of pyridine rings is 1. The molecule has 0 radical (unpaired) electrons. The molecule has 2 unspecified atom stereocenters. The van der Waals surface area contributed by atoms with E-state index in [1.54, 1.807) is 0 Å². The summed E-state index contributed by atoms with van der Waals surface area (Å²) in [5.74, 6) is 2.50. The minimum atomic E-state index is -0.666. The average molecular weight is 270 g/mol. The highest BCUT2D eigenvalue weighted by molar-refractivity contribution is 6.67. The van der Waals surface area contributed by atoms with Crippen LogP contribution in [0.4, 0.5) is 0 Å². The van der Waals surface area contributed by atoms with Gasteiger partial charge in [-0.2, -0.15) is 0 Å². The van der Waals surface area contributed by atoms with Crippen molar-refractivity contribution < 1.29 is 9.90 Å². The summed E-state index contributed by atoms with van der Waals surface area (Å²) in [6, 6.07) is 4.08. The number of carboxylic acid groups (broad SMARTS) is 1. The van der Waals surface area contributed by atoms with E-state index in [4.69, 9.17) is 5.11 Å². The largest absolute Gasteiger partial charge is 0.481 e. The van der Waals surface area contributed by atoms with Crippen molar-refractivity contribution in [3.8, 4) is 0 Å². The molecule has 3 heterocycles. The Balaban J connectivity index is 1.62. The van der Waals surface area contributed by atoms with Crippen LogP contribution in [0.15, 0.2) is 36.2 Å². The number of aromatic nitrogens is 1.